The summed E-state index contributed by atoms with van der Waals surface area (Å²) in [7, 11) is 0. The summed E-state index contributed by atoms with van der Waals surface area (Å²) in [4.78, 5) is 15.8. The third-order valence-corrected chi connectivity index (χ3v) is 3.62. The number of rotatable bonds is 6. The Bertz CT molecular complexity index is 679. The van der Waals surface area contributed by atoms with Crippen molar-refractivity contribution >= 4 is 5.97 Å². The number of aliphatic hydroxyl groups is 1. The number of carbonyl (C=O) groups excluding carboxylic acids is 1. The van der Waals surface area contributed by atoms with Crippen molar-refractivity contribution in [3.05, 3.63) is 48.1 Å². The smallest absolute Gasteiger partial charge is 0.312 e. The fourth-order valence-electron chi connectivity index (χ4n) is 2.31. The van der Waals surface area contributed by atoms with Crippen LogP contribution in [0.5, 0.6) is 0 Å². The number of ether oxygens (including phenoxy) is 1. The fourth-order valence-corrected chi connectivity index (χ4v) is 2.31. The number of hydrogen-bond acceptors (Lipinski definition) is 5. The number of esters is 1. The molecule has 1 aromatic carbocycles. The highest BCUT2D eigenvalue weighted by atomic mass is 19.1. The standard InChI is InChI=1S/C15H17F2N3O3/c1-3-23-14(21)10(2)15(22,7-20-9-18-8-19-20)12-6-11(16)4-5-13(12)17/h4-6,8-10,22H,3,7H2,1-2H3/t10-,15-/m1/s1. The molecule has 0 radical (unpaired) electrons. The van der Waals surface area contributed by atoms with E-state index in [2.05, 4.69) is 10.1 Å². The molecule has 0 saturated heterocycles. The van der Waals surface area contributed by atoms with Gasteiger partial charge in [-0.3, -0.25) is 4.79 Å². The second-order valence-electron chi connectivity index (χ2n) is 5.12. The van der Waals surface area contributed by atoms with Crippen molar-refractivity contribution in [3.63, 3.8) is 0 Å². The van der Waals surface area contributed by atoms with Crippen molar-refractivity contribution in [2.45, 2.75) is 26.0 Å². The molecule has 6 nitrogen and oxygen atoms in total. The Hall–Kier alpha value is -2.35. The van der Waals surface area contributed by atoms with Gasteiger partial charge in [-0.25, -0.2) is 18.4 Å². The van der Waals surface area contributed by atoms with E-state index in [9.17, 15) is 18.7 Å². The SMILES string of the molecule is CCOC(=O)[C@@H](C)[C@](O)(Cn1cncn1)c1cc(F)ccc1F. The van der Waals surface area contributed by atoms with Gasteiger partial charge in [-0.05, 0) is 32.0 Å². The molecule has 0 aliphatic rings. The summed E-state index contributed by atoms with van der Waals surface area (Å²) in [6.07, 6.45) is 2.54. The second kappa shape index (κ2) is 6.82. The molecule has 0 unspecified atom stereocenters. The van der Waals surface area contributed by atoms with Crippen LogP contribution in [-0.2, 0) is 21.7 Å². The summed E-state index contributed by atoms with van der Waals surface area (Å²) in [5.41, 5.74) is -2.39. The van der Waals surface area contributed by atoms with E-state index in [1.54, 1.807) is 6.92 Å². The van der Waals surface area contributed by atoms with E-state index in [0.29, 0.717) is 0 Å². The summed E-state index contributed by atoms with van der Waals surface area (Å²) in [6, 6.07) is 2.70. The lowest BCUT2D eigenvalue weighted by atomic mass is 9.81. The van der Waals surface area contributed by atoms with Crippen molar-refractivity contribution in [1.29, 1.82) is 0 Å². The van der Waals surface area contributed by atoms with Crippen molar-refractivity contribution in [3.8, 4) is 0 Å². The number of carbonyl (C=O) groups is 1. The first-order valence-corrected chi connectivity index (χ1v) is 7.05. The summed E-state index contributed by atoms with van der Waals surface area (Å²) in [6.45, 7) is 2.82. The monoisotopic (exact) mass is 325 g/mol. The Morgan fingerprint density at radius 1 is 1.48 bits per heavy atom. The minimum atomic E-state index is -2.05. The van der Waals surface area contributed by atoms with Crippen LogP contribution in [0, 0.1) is 17.6 Å². The molecule has 1 heterocycles. The zero-order chi connectivity index (χ0) is 17.0. The van der Waals surface area contributed by atoms with Crippen LogP contribution in [-0.4, -0.2) is 32.4 Å². The van der Waals surface area contributed by atoms with Gasteiger partial charge >= 0.3 is 5.97 Å². The Kier molecular flexibility index (Phi) is 5.05. The second-order valence-corrected chi connectivity index (χ2v) is 5.12. The lowest BCUT2D eigenvalue weighted by Gasteiger charge is -2.33. The predicted octanol–water partition coefficient (Wildman–Crippen LogP) is 1.64. The molecule has 0 spiro atoms. The zero-order valence-corrected chi connectivity index (χ0v) is 12.7. The van der Waals surface area contributed by atoms with E-state index in [-0.39, 0.29) is 18.7 Å². The molecule has 23 heavy (non-hydrogen) atoms. The molecule has 0 saturated carbocycles. The molecule has 0 aliphatic carbocycles. The summed E-state index contributed by atoms with van der Waals surface area (Å²) in [5, 5.41) is 14.9. The average molecular weight is 325 g/mol. The van der Waals surface area contributed by atoms with Crippen molar-refractivity contribution in [2.75, 3.05) is 6.61 Å². The van der Waals surface area contributed by atoms with Crippen molar-refractivity contribution in [2.24, 2.45) is 5.92 Å². The molecular formula is C15H17F2N3O3. The quantitative estimate of drug-likeness (QED) is 0.817. The summed E-state index contributed by atoms with van der Waals surface area (Å²) >= 11 is 0. The van der Waals surface area contributed by atoms with E-state index in [0.717, 1.165) is 18.2 Å². The number of halogens is 2. The van der Waals surface area contributed by atoms with Gasteiger partial charge in [-0.2, -0.15) is 5.10 Å². The summed E-state index contributed by atoms with van der Waals surface area (Å²) < 4.78 is 33.9. The molecule has 0 fully saturated rings. The van der Waals surface area contributed by atoms with Crippen LogP contribution < -0.4 is 0 Å². The van der Waals surface area contributed by atoms with Gasteiger partial charge < -0.3 is 9.84 Å². The highest BCUT2D eigenvalue weighted by Gasteiger charge is 2.43. The summed E-state index contributed by atoms with van der Waals surface area (Å²) in [5.74, 6) is -3.43. The van der Waals surface area contributed by atoms with Gasteiger partial charge in [0.2, 0.25) is 0 Å². The Labute approximate surface area is 131 Å². The van der Waals surface area contributed by atoms with E-state index >= 15 is 0 Å². The molecule has 0 bridgehead atoms. The Balaban J connectivity index is 2.49. The lowest BCUT2D eigenvalue weighted by Crippen LogP contribution is -2.43. The molecule has 0 aliphatic heterocycles. The number of hydrogen-bond donors (Lipinski definition) is 1. The molecule has 124 valence electrons. The minimum Gasteiger partial charge on any atom is -0.466 e. The number of aromatic nitrogens is 3. The maximum atomic E-state index is 14.2. The first-order valence-electron chi connectivity index (χ1n) is 7.05. The van der Waals surface area contributed by atoms with Gasteiger partial charge in [0.1, 0.15) is 29.9 Å². The van der Waals surface area contributed by atoms with Gasteiger partial charge in [0.15, 0.2) is 0 Å². The molecule has 2 atom stereocenters. The van der Waals surface area contributed by atoms with E-state index < -0.39 is 29.1 Å². The van der Waals surface area contributed by atoms with Gasteiger partial charge in [-0.1, -0.05) is 0 Å². The minimum absolute atomic E-state index is 0.105. The number of benzene rings is 1. The number of nitrogens with zero attached hydrogens (tertiary/aromatic N) is 3. The van der Waals surface area contributed by atoms with Crippen LogP contribution in [0.1, 0.15) is 19.4 Å². The molecule has 2 rings (SSSR count). The predicted molar refractivity (Wildman–Crippen MR) is 76.1 cm³/mol. The normalized spacial score (nSPS) is 15.0. The lowest BCUT2D eigenvalue weighted by molar-refractivity contribution is -0.159. The van der Waals surface area contributed by atoms with Gasteiger partial charge in [0.25, 0.3) is 0 Å². The highest BCUT2D eigenvalue weighted by Crippen LogP contribution is 2.34. The molecule has 2 aromatic rings. The van der Waals surface area contributed by atoms with Crippen LogP contribution in [0.3, 0.4) is 0 Å². The van der Waals surface area contributed by atoms with Crippen molar-refractivity contribution in [1.82, 2.24) is 14.8 Å². The first kappa shape index (κ1) is 17.0. The Morgan fingerprint density at radius 2 is 2.22 bits per heavy atom. The van der Waals surface area contributed by atoms with Gasteiger partial charge in [-0.15, -0.1) is 0 Å². The molecule has 1 aromatic heterocycles. The van der Waals surface area contributed by atoms with Gasteiger partial charge in [0.05, 0.1) is 19.1 Å². The van der Waals surface area contributed by atoms with Gasteiger partial charge in [0, 0.05) is 5.56 Å². The van der Waals surface area contributed by atoms with Crippen LogP contribution in [0.15, 0.2) is 30.9 Å². The largest absolute Gasteiger partial charge is 0.466 e. The van der Waals surface area contributed by atoms with E-state index in [1.165, 1.54) is 24.3 Å². The molecule has 1 N–H and O–H groups in total. The molecule has 0 amide bonds. The average Bonchev–Trinajstić information content (AvgIpc) is 3.01. The fraction of sp³-hybridized carbons (Fsp3) is 0.400. The van der Waals surface area contributed by atoms with Crippen molar-refractivity contribution < 1.29 is 23.4 Å². The van der Waals surface area contributed by atoms with Crippen LogP contribution in [0.25, 0.3) is 0 Å². The maximum Gasteiger partial charge on any atom is 0.312 e. The highest BCUT2D eigenvalue weighted by molar-refractivity contribution is 5.73. The Morgan fingerprint density at radius 3 is 2.83 bits per heavy atom. The van der Waals surface area contributed by atoms with E-state index in [4.69, 9.17) is 4.74 Å². The van der Waals surface area contributed by atoms with Crippen LogP contribution >= 0.6 is 0 Å². The third-order valence-electron chi connectivity index (χ3n) is 3.62. The third kappa shape index (κ3) is 3.53. The molecular weight excluding hydrogens is 308 g/mol. The molecule has 8 heteroatoms. The maximum absolute atomic E-state index is 14.2. The van der Waals surface area contributed by atoms with E-state index in [1.807, 2.05) is 0 Å². The zero-order valence-electron chi connectivity index (χ0n) is 12.7. The topological polar surface area (TPSA) is 77.2 Å². The van der Waals surface area contributed by atoms with Crippen LogP contribution in [0.4, 0.5) is 8.78 Å². The first-order chi connectivity index (χ1) is 10.9. The van der Waals surface area contributed by atoms with Crippen LogP contribution in [0.2, 0.25) is 0 Å².